The second kappa shape index (κ2) is 28.7. The van der Waals surface area contributed by atoms with Gasteiger partial charge in [-0.1, -0.05) is 98.9 Å². The molecule has 3 heterocycles. The van der Waals surface area contributed by atoms with E-state index in [9.17, 15) is 70.6 Å². The lowest BCUT2D eigenvalue weighted by Crippen LogP contribution is -2.64. The van der Waals surface area contributed by atoms with Gasteiger partial charge in [-0.3, -0.25) is 14.4 Å². The van der Waals surface area contributed by atoms with Crippen molar-refractivity contribution in [3.63, 3.8) is 0 Å². The number of hydrogen-bond donors (Lipinski definition) is 12. The SMILES string of the molecule is CC(=O)N[C@H]1[C@@H](O)[C@@H](O[C@H]2/C=C/C=C/C=C/C=C/C=C/C=C\C=C\[C@H](C)[C@@H](O)[C@@H](C)[C@H](C)OC(=O)C[C@H](O)C[C@H](O)CC[C@@H](O)[C@H](O)C[C@H](O)C[C@]3(O)C[C@H](O)[C@@H](C(=O)O)[C@H](C2)O3)O[C@@H](C)[C@H]1O. The monoisotopic (exact) mass is 965 g/mol. The van der Waals surface area contributed by atoms with Gasteiger partial charge in [0.1, 0.15) is 24.2 Å². The number of amides is 1. The number of hydrogen-bond acceptors (Lipinski definition) is 17. The van der Waals surface area contributed by atoms with Gasteiger partial charge >= 0.3 is 11.9 Å². The molecule has 12 N–H and O–H groups in total. The maximum absolute atomic E-state index is 12.6. The molecule has 1 amide bonds. The smallest absolute Gasteiger partial charge is 0.311 e. The molecule has 0 radical (unpaired) electrons. The number of aliphatic hydroxyl groups is 10. The van der Waals surface area contributed by atoms with Crippen LogP contribution in [0, 0.1) is 17.8 Å². The van der Waals surface area contributed by atoms with Gasteiger partial charge in [-0.05, 0) is 33.1 Å². The fourth-order valence-corrected chi connectivity index (χ4v) is 8.34. The van der Waals surface area contributed by atoms with Crippen LogP contribution in [0.3, 0.4) is 0 Å². The number of carboxylic acid groups (broad SMARTS) is 1. The summed E-state index contributed by atoms with van der Waals surface area (Å²) in [7, 11) is 0. The first-order valence-corrected chi connectivity index (χ1v) is 23.2. The number of carboxylic acids is 1. The Morgan fingerprint density at radius 2 is 1.24 bits per heavy atom. The van der Waals surface area contributed by atoms with Crippen molar-refractivity contribution in [1.29, 1.82) is 0 Å². The minimum absolute atomic E-state index is 0.119. The van der Waals surface area contributed by atoms with Gasteiger partial charge in [0.25, 0.3) is 0 Å². The van der Waals surface area contributed by atoms with Gasteiger partial charge in [-0.25, -0.2) is 0 Å². The van der Waals surface area contributed by atoms with Gasteiger partial charge in [0, 0.05) is 44.4 Å². The lowest BCUT2D eigenvalue weighted by Gasteiger charge is -2.45. The van der Waals surface area contributed by atoms with Crippen molar-refractivity contribution in [1.82, 2.24) is 5.32 Å². The number of allylic oxidation sites excluding steroid dienone is 12. The predicted molar refractivity (Wildman–Crippen MR) is 247 cm³/mol. The van der Waals surface area contributed by atoms with Gasteiger partial charge in [0.2, 0.25) is 5.91 Å². The standard InChI is InChI=1S/C49H75NO18/c1-28-18-16-14-12-10-8-6-7-9-11-13-15-17-19-36(67-48-46(61)43(50-32(5)51)45(60)31(4)66-48)25-40-42(47(62)63)39(57)27-49(64,68-40)26-35(54)23-38(56)37(55)21-20-33(52)22-34(53)24-41(58)65-30(3)29(2)44(28)59/h6-19,28-31,33-40,42-46,48,52-57,59-61,64H,20-27H2,1-5H3,(H,50,51)(H,62,63)/b7-6+,10-8+,11-9+,14-12-,15-13+,18-16+,19-17+/t28-,29-,30-,31-,33+,34+,35-,36-,37+,38+,39-,40-,42+,43+,44+,45+,46+,48+,49+/m0/s1. The van der Waals surface area contributed by atoms with Crippen molar-refractivity contribution >= 4 is 17.8 Å². The van der Waals surface area contributed by atoms with Crippen molar-refractivity contribution < 1.29 is 89.5 Å². The average Bonchev–Trinajstić information content (AvgIpc) is 3.24. The van der Waals surface area contributed by atoms with Crippen molar-refractivity contribution in [2.45, 2.75) is 183 Å². The van der Waals surface area contributed by atoms with Crippen LogP contribution in [0.5, 0.6) is 0 Å². The fraction of sp³-hybridized carbons (Fsp3) is 0.653. The van der Waals surface area contributed by atoms with Crippen LogP contribution in [-0.2, 0) is 33.3 Å². The molecular formula is C49H75NO18. The summed E-state index contributed by atoms with van der Waals surface area (Å²) in [5.74, 6) is -7.49. The Morgan fingerprint density at radius 3 is 1.81 bits per heavy atom. The molecule has 19 heteroatoms. The molecule has 0 aliphatic carbocycles. The van der Waals surface area contributed by atoms with Gasteiger partial charge in [0.15, 0.2) is 12.1 Å². The predicted octanol–water partition coefficient (Wildman–Crippen LogP) is 0.889. The van der Waals surface area contributed by atoms with Crippen LogP contribution in [0.2, 0.25) is 0 Å². The lowest BCUT2D eigenvalue weighted by atomic mass is 9.82. The first-order chi connectivity index (χ1) is 32.0. The number of rotatable bonds is 4. The first-order valence-electron chi connectivity index (χ1n) is 23.2. The number of carbonyl (C=O) groups excluding carboxylic acids is 2. The minimum Gasteiger partial charge on any atom is -0.481 e. The van der Waals surface area contributed by atoms with Crippen LogP contribution in [0.1, 0.15) is 86.0 Å². The van der Waals surface area contributed by atoms with Crippen molar-refractivity contribution in [3.05, 3.63) is 85.1 Å². The molecule has 0 aromatic carbocycles. The Morgan fingerprint density at radius 1 is 0.662 bits per heavy atom. The largest absolute Gasteiger partial charge is 0.481 e. The van der Waals surface area contributed by atoms with Crippen LogP contribution < -0.4 is 5.32 Å². The van der Waals surface area contributed by atoms with E-state index in [2.05, 4.69) is 5.32 Å². The summed E-state index contributed by atoms with van der Waals surface area (Å²) in [6.07, 6.45) is 2.48. The van der Waals surface area contributed by atoms with E-state index in [4.69, 9.17) is 18.9 Å². The van der Waals surface area contributed by atoms with Crippen molar-refractivity contribution in [2.75, 3.05) is 0 Å². The van der Waals surface area contributed by atoms with Gasteiger partial charge in [0.05, 0.1) is 73.5 Å². The van der Waals surface area contributed by atoms with Gasteiger partial charge < -0.3 is 80.4 Å². The molecule has 0 aromatic rings. The highest BCUT2D eigenvalue weighted by molar-refractivity contribution is 5.73. The lowest BCUT2D eigenvalue weighted by molar-refractivity contribution is -0.309. The molecule has 2 fully saturated rings. The molecule has 3 aliphatic rings. The summed E-state index contributed by atoms with van der Waals surface area (Å²) in [5, 5.41) is 122. The molecular weight excluding hydrogens is 891 g/mol. The molecule has 2 bridgehead atoms. The summed E-state index contributed by atoms with van der Waals surface area (Å²) in [6, 6.07) is -1.21. The van der Waals surface area contributed by atoms with E-state index < -0.39 is 153 Å². The van der Waals surface area contributed by atoms with Crippen LogP contribution in [0.15, 0.2) is 85.1 Å². The van der Waals surface area contributed by atoms with E-state index in [0.29, 0.717) is 0 Å². The topological polar surface area (TPSA) is 323 Å². The number of ether oxygens (including phenoxy) is 4. The van der Waals surface area contributed by atoms with Crippen LogP contribution in [0.4, 0.5) is 0 Å². The number of cyclic esters (lactones) is 1. The number of aliphatic hydroxyl groups excluding tert-OH is 9. The molecule has 3 rings (SSSR count). The highest BCUT2D eigenvalue weighted by atomic mass is 16.7. The number of esters is 1. The molecule has 19 nitrogen and oxygen atoms in total. The zero-order valence-electron chi connectivity index (χ0n) is 39.4. The molecule has 19 atom stereocenters. The Labute approximate surface area is 398 Å². The summed E-state index contributed by atoms with van der Waals surface area (Å²) in [4.78, 5) is 37.1. The number of nitrogens with one attached hydrogen (secondary N) is 1. The van der Waals surface area contributed by atoms with Crippen LogP contribution >= 0.6 is 0 Å². The maximum atomic E-state index is 12.6. The molecule has 68 heavy (non-hydrogen) atoms. The molecule has 0 unspecified atom stereocenters. The average molecular weight is 966 g/mol. The second-order valence-corrected chi connectivity index (χ2v) is 18.2. The number of fused-ring (bicyclic) bond motifs is 2. The molecule has 3 aliphatic heterocycles. The third kappa shape index (κ3) is 19.5. The molecule has 0 spiro atoms. The van der Waals surface area contributed by atoms with Crippen LogP contribution in [0.25, 0.3) is 0 Å². The van der Waals surface area contributed by atoms with Crippen molar-refractivity contribution in [3.8, 4) is 0 Å². The number of carbonyl (C=O) groups is 3. The minimum atomic E-state index is -2.36. The van der Waals surface area contributed by atoms with E-state index in [1.54, 1.807) is 86.8 Å². The Balaban J connectivity index is 1.90. The summed E-state index contributed by atoms with van der Waals surface area (Å²) < 4.78 is 23.3. The zero-order valence-corrected chi connectivity index (χ0v) is 39.4. The Hall–Kier alpha value is -3.93. The maximum Gasteiger partial charge on any atom is 0.311 e. The molecule has 0 aromatic heterocycles. The van der Waals surface area contributed by atoms with E-state index in [1.165, 1.54) is 19.9 Å². The van der Waals surface area contributed by atoms with Crippen molar-refractivity contribution in [2.24, 2.45) is 17.8 Å². The number of aliphatic carboxylic acids is 1. The molecule has 0 saturated carbocycles. The van der Waals surface area contributed by atoms with Gasteiger partial charge in [-0.2, -0.15) is 0 Å². The zero-order chi connectivity index (χ0) is 50.7. The first kappa shape index (κ1) is 58.4. The molecule has 384 valence electrons. The quantitative estimate of drug-likeness (QED) is 0.174. The van der Waals surface area contributed by atoms with E-state index in [1.807, 2.05) is 13.0 Å². The highest BCUT2D eigenvalue weighted by Gasteiger charge is 2.51. The fourth-order valence-electron chi connectivity index (χ4n) is 8.34. The highest BCUT2D eigenvalue weighted by Crippen LogP contribution is 2.38. The van der Waals surface area contributed by atoms with E-state index in [-0.39, 0.29) is 31.6 Å². The van der Waals surface area contributed by atoms with E-state index >= 15 is 0 Å². The summed E-state index contributed by atoms with van der Waals surface area (Å²) in [5.41, 5.74) is 0. The van der Waals surface area contributed by atoms with E-state index in [0.717, 1.165) is 0 Å². The second-order valence-electron chi connectivity index (χ2n) is 18.2. The summed E-state index contributed by atoms with van der Waals surface area (Å²) >= 11 is 0. The van der Waals surface area contributed by atoms with Crippen LogP contribution in [-0.4, -0.2) is 171 Å². The molecule has 2 saturated heterocycles. The Bertz CT molecular complexity index is 1780. The van der Waals surface area contributed by atoms with Gasteiger partial charge in [-0.15, -0.1) is 0 Å². The summed E-state index contributed by atoms with van der Waals surface area (Å²) in [6.45, 7) is 7.90. The third-order valence-corrected chi connectivity index (χ3v) is 12.3. The third-order valence-electron chi connectivity index (χ3n) is 12.3. The Kier molecular flexibility index (Phi) is 24.6. The normalized spacial score (nSPS) is 43.9.